The monoisotopic (exact) mass is 348 g/mol. The molecule has 26 heavy (non-hydrogen) atoms. The molecule has 0 bridgehead atoms. The van der Waals surface area contributed by atoms with Gasteiger partial charge in [0.2, 0.25) is 5.70 Å². The van der Waals surface area contributed by atoms with E-state index < -0.39 is 12.0 Å². The van der Waals surface area contributed by atoms with Gasteiger partial charge >= 0.3 is 0 Å². The van der Waals surface area contributed by atoms with Gasteiger partial charge in [-0.3, -0.25) is 9.79 Å². The first kappa shape index (κ1) is 16.2. The molecule has 0 aromatic heterocycles. The van der Waals surface area contributed by atoms with Gasteiger partial charge in [-0.2, -0.15) is 10.8 Å². The molecule has 1 aromatic rings. The van der Waals surface area contributed by atoms with Crippen molar-refractivity contribution in [3.63, 3.8) is 0 Å². The Morgan fingerprint density at radius 1 is 1.35 bits per heavy atom. The molecular formula is C19H18N5O2+. The molecule has 1 amide bonds. The third-order valence-corrected chi connectivity index (χ3v) is 4.42. The highest BCUT2D eigenvalue weighted by atomic mass is 16.5. The Labute approximate surface area is 150 Å². The van der Waals surface area contributed by atoms with E-state index in [-0.39, 0.29) is 4.59 Å². The number of carbonyl (C=O) groups is 1. The number of nitrogens with two attached hydrogens (primary N) is 2. The summed E-state index contributed by atoms with van der Waals surface area (Å²) in [6.07, 6.45) is 10.4. The first-order valence-corrected chi connectivity index (χ1v) is 8.16. The Morgan fingerprint density at radius 3 is 2.85 bits per heavy atom. The second kappa shape index (κ2) is 5.91. The molecule has 0 spiro atoms. The lowest BCUT2D eigenvalue weighted by Crippen LogP contribution is -2.53. The lowest BCUT2D eigenvalue weighted by molar-refractivity contribution is -0.750. The van der Waals surface area contributed by atoms with Crippen LogP contribution in [0.25, 0.3) is 0 Å². The smallest absolute Gasteiger partial charge is 0.265 e. The number of amidine groups is 1. The Balaban J connectivity index is 1.73. The van der Waals surface area contributed by atoms with Crippen molar-refractivity contribution in [2.75, 3.05) is 0 Å². The number of rotatable bonds is 5. The van der Waals surface area contributed by atoms with Gasteiger partial charge in [0, 0.05) is 5.57 Å². The van der Waals surface area contributed by atoms with Crippen molar-refractivity contribution in [2.24, 2.45) is 21.6 Å². The number of fused-ring (bicyclic) bond motifs is 1. The number of allylic oxidation sites excluding steroid dienone is 4. The van der Waals surface area contributed by atoms with Crippen LogP contribution in [0.15, 0.2) is 81.8 Å². The Hall–Kier alpha value is -3.29. The molecule has 7 nitrogen and oxygen atoms in total. The van der Waals surface area contributed by atoms with Crippen LogP contribution in [0.3, 0.4) is 0 Å². The van der Waals surface area contributed by atoms with E-state index in [1.807, 2.05) is 30.4 Å². The summed E-state index contributed by atoms with van der Waals surface area (Å²) in [6.45, 7) is 1.61. The number of carbonyl (C=O) groups excluding carboxylic acids is 1. The standard InChI is InChI=1S/C19H17N5O2/c1-12(18(20)25)26-15-7-3-6-14(10-15)19-23-17(13-4-2-5-13)16-11-22-8-9-24(16,19)21/h2-12H,21H2,1H3,(H-,20,25)/p+1. The van der Waals surface area contributed by atoms with Crippen molar-refractivity contribution in [1.29, 1.82) is 0 Å². The number of ether oxygens (including phenoxy) is 1. The average molecular weight is 348 g/mol. The summed E-state index contributed by atoms with van der Waals surface area (Å²) in [4.78, 5) is 20.2. The molecule has 2 aliphatic heterocycles. The number of amides is 1. The predicted molar refractivity (Wildman–Crippen MR) is 98.6 cm³/mol. The molecule has 2 unspecified atom stereocenters. The Kier molecular flexibility index (Phi) is 3.68. The molecule has 0 fully saturated rings. The van der Waals surface area contributed by atoms with Crippen molar-refractivity contribution in [3.05, 3.63) is 77.4 Å². The fourth-order valence-electron chi connectivity index (χ4n) is 2.91. The van der Waals surface area contributed by atoms with Crippen LogP contribution in [0.1, 0.15) is 12.5 Å². The molecular weight excluding hydrogens is 330 g/mol. The average Bonchev–Trinajstić information content (AvgIpc) is 2.86. The second-order valence-electron chi connectivity index (χ2n) is 6.19. The lowest BCUT2D eigenvalue weighted by Gasteiger charge is -2.26. The molecule has 130 valence electrons. The van der Waals surface area contributed by atoms with E-state index in [0.29, 0.717) is 11.6 Å². The SMILES string of the molecule is CC(Oc1cccc(C2=NC(C3=CC=C3)=C3C=NC=C[N+]23N)c1)C(N)=O. The highest BCUT2D eigenvalue weighted by Crippen LogP contribution is 2.36. The van der Waals surface area contributed by atoms with E-state index in [0.717, 1.165) is 22.5 Å². The zero-order valence-corrected chi connectivity index (χ0v) is 14.2. The molecule has 1 aliphatic carbocycles. The van der Waals surface area contributed by atoms with Crippen LogP contribution in [0.2, 0.25) is 0 Å². The van der Waals surface area contributed by atoms with Crippen LogP contribution in [0, 0.1) is 0 Å². The summed E-state index contributed by atoms with van der Waals surface area (Å²) in [7, 11) is 0. The second-order valence-corrected chi connectivity index (χ2v) is 6.19. The van der Waals surface area contributed by atoms with Gasteiger partial charge in [0.1, 0.15) is 17.6 Å². The molecule has 7 heteroatoms. The molecule has 1 aromatic carbocycles. The molecule has 0 saturated heterocycles. The minimum Gasteiger partial charge on any atom is -0.481 e. The van der Waals surface area contributed by atoms with Crippen LogP contribution in [0.4, 0.5) is 0 Å². The molecule has 4 rings (SSSR count). The van der Waals surface area contributed by atoms with Gasteiger partial charge in [-0.15, -0.1) is 4.59 Å². The zero-order chi connectivity index (χ0) is 18.3. The van der Waals surface area contributed by atoms with E-state index in [4.69, 9.17) is 21.3 Å². The van der Waals surface area contributed by atoms with E-state index in [2.05, 4.69) is 4.99 Å². The van der Waals surface area contributed by atoms with E-state index in [1.54, 1.807) is 37.7 Å². The number of benzene rings is 1. The lowest BCUT2D eigenvalue weighted by atomic mass is 10.0. The van der Waals surface area contributed by atoms with Gasteiger partial charge in [-0.1, -0.05) is 24.3 Å². The van der Waals surface area contributed by atoms with Gasteiger partial charge in [-0.25, -0.2) is 0 Å². The molecule has 3 aliphatic rings. The highest BCUT2D eigenvalue weighted by Gasteiger charge is 2.44. The Bertz CT molecular complexity index is 983. The topological polar surface area (TPSA) is 103 Å². The van der Waals surface area contributed by atoms with Gasteiger partial charge in [0.25, 0.3) is 11.7 Å². The molecule has 0 saturated carbocycles. The molecule has 0 radical (unpaired) electrons. The summed E-state index contributed by atoms with van der Waals surface area (Å²) in [5.41, 5.74) is 8.68. The normalized spacial score (nSPS) is 23.9. The quantitative estimate of drug-likeness (QED) is 0.624. The third-order valence-electron chi connectivity index (χ3n) is 4.42. The van der Waals surface area contributed by atoms with Crippen molar-refractivity contribution in [2.45, 2.75) is 13.0 Å². The first-order valence-electron chi connectivity index (χ1n) is 8.16. The number of aliphatic imine (C=N–C) groups is 2. The van der Waals surface area contributed by atoms with Gasteiger partial charge < -0.3 is 10.5 Å². The fraction of sp³-hybridized carbons (Fsp3) is 0.105. The number of quaternary nitrogens is 1. The van der Waals surface area contributed by atoms with Crippen LogP contribution in [-0.4, -0.2) is 28.7 Å². The van der Waals surface area contributed by atoms with Crippen LogP contribution in [0.5, 0.6) is 5.75 Å². The minimum absolute atomic E-state index is 0.0706. The summed E-state index contributed by atoms with van der Waals surface area (Å²) in [6, 6.07) is 7.29. The molecule has 2 heterocycles. The number of nitrogens with zero attached hydrogens (tertiary/aromatic N) is 3. The Morgan fingerprint density at radius 2 is 2.15 bits per heavy atom. The largest absolute Gasteiger partial charge is 0.481 e. The number of primary amides is 1. The summed E-state index contributed by atoms with van der Waals surface area (Å²) >= 11 is 0. The molecule has 4 N–H and O–H groups in total. The van der Waals surface area contributed by atoms with E-state index in [9.17, 15) is 4.79 Å². The van der Waals surface area contributed by atoms with E-state index in [1.165, 1.54) is 0 Å². The summed E-state index contributed by atoms with van der Waals surface area (Å²) < 4.78 is 5.52. The van der Waals surface area contributed by atoms with Crippen LogP contribution < -0.4 is 16.3 Å². The first-order chi connectivity index (χ1) is 12.5. The number of hydrogen-bond acceptors (Lipinski definition) is 5. The zero-order valence-electron chi connectivity index (χ0n) is 14.2. The molecule has 2 atom stereocenters. The van der Waals surface area contributed by atoms with Crippen LogP contribution >= 0.6 is 0 Å². The van der Waals surface area contributed by atoms with Crippen molar-refractivity contribution in [1.82, 2.24) is 0 Å². The number of hydrogen-bond donors (Lipinski definition) is 2. The van der Waals surface area contributed by atoms with Gasteiger partial charge in [-0.05, 0) is 25.1 Å². The van der Waals surface area contributed by atoms with E-state index >= 15 is 0 Å². The van der Waals surface area contributed by atoms with Gasteiger partial charge in [0.05, 0.1) is 18.0 Å². The van der Waals surface area contributed by atoms with Crippen molar-refractivity contribution in [3.8, 4) is 5.75 Å². The maximum atomic E-state index is 11.2. The predicted octanol–water partition coefficient (Wildman–Crippen LogP) is 1.65. The van der Waals surface area contributed by atoms with Crippen LogP contribution in [-0.2, 0) is 4.79 Å². The summed E-state index contributed by atoms with van der Waals surface area (Å²) in [5.74, 6) is 7.30. The fourth-order valence-corrected chi connectivity index (χ4v) is 2.91. The van der Waals surface area contributed by atoms with Gasteiger partial charge in [0.15, 0.2) is 6.10 Å². The summed E-state index contributed by atoms with van der Waals surface area (Å²) in [5, 5.41) is 0. The van der Waals surface area contributed by atoms with Crippen molar-refractivity contribution >= 4 is 18.0 Å². The third kappa shape index (κ3) is 2.50. The highest BCUT2D eigenvalue weighted by molar-refractivity contribution is 6.01. The maximum absolute atomic E-state index is 11.2. The minimum atomic E-state index is -0.728. The maximum Gasteiger partial charge on any atom is 0.265 e. The van der Waals surface area contributed by atoms with Crippen molar-refractivity contribution < 1.29 is 14.1 Å².